The van der Waals surface area contributed by atoms with Crippen LogP contribution < -0.4 is 14.8 Å². The SMILES string of the molecule is CC(C)Oc1ccc(CNC(=O)c2cccc(OCc3cscn3)c2)cc1. The van der Waals surface area contributed by atoms with Crippen molar-refractivity contribution in [2.45, 2.75) is 33.1 Å². The Bertz CT molecular complexity index is 861. The summed E-state index contributed by atoms with van der Waals surface area (Å²) in [6.45, 7) is 4.82. The Morgan fingerprint density at radius 2 is 1.96 bits per heavy atom. The minimum Gasteiger partial charge on any atom is -0.491 e. The van der Waals surface area contributed by atoms with Crippen molar-refractivity contribution in [1.29, 1.82) is 0 Å². The molecule has 1 aromatic heterocycles. The van der Waals surface area contributed by atoms with Crippen molar-refractivity contribution < 1.29 is 14.3 Å². The maximum Gasteiger partial charge on any atom is 0.251 e. The fraction of sp³-hybridized carbons (Fsp3) is 0.238. The van der Waals surface area contributed by atoms with Crippen LogP contribution in [-0.2, 0) is 13.2 Å². The predicted molar refractivity (Wildman–Crippen MR) is 106 cm³/mol. The van der Waals surface area contributed by atoms with Gasteiger partial charge in [-0.05, 0) is 49.7 Å². The second-order valence-electron chi connectivity index (χ2n) is 6.29. The van der Waals surface area contributed by atoms with Gasteiger partial charge in [-0.1, -0.05) is 18.2 Å². The van der Waals surface area contributed by atoms with Crippen LogP contribution in [0.15, 0.2) is 59.4 Å². The van der Waals surface area contributed by atoms with Gasteiger partial charge in [0.1, 0.15) is 18.1 Å². The molecule has 0 bridgehead atoms. The number of nitrogens with one attached hydrogen (secondary N) is 1. The van der Waals surface area contributed by atoms with Gasteiger partial charge in [0, 0.05) is 17.5 Å². The number of carbonyl (C=O) groups excluding carboxylic acids is 1. The maximum atomic E-state index is 12.4. The van der Waals surface area contributed by atoms with Crippen LogP contribution in [0.4, 0.5) is 0 Å². The zero-order valence-electron chi connectivity index (χ0n) is 15.3. The molecule has 0 saturated heterocycles. The molecule has 0 saturated carbocycles. The Morgan fingerprint density at radius 3 is 2.67 bits per heavy atom. The zero-order valence-corrected chi connectivity index (χ0v) is 16.2. The molecule has 0 aliphatic carbocycles. The minimum atomic E-state index is -0.142. The molecule has 140 valence electrons. The first kappa shape index (κ1) is 18.9. The van der Waals surface area contributed by atoms with Gasteiger partial charge >= 0.3 is 0 Å². The van der Waals surface area contributed by atoms with E-state index in [0.29, 0.717) is 24.5 Å². The molecule has 0 atom stereocenters. The number of aromatic nitrogens is 1. The molecular formula is C21H22N2O3S. The van der Waals surface area contributed by atoms with Crippen LogP contribution in [0.1, 0.15) is 35.5 Å². The van der Waals surface area contributed by atoms with Crippen LogP contribution in [0.5, 0.6) is 11.5 Å². The van der Waals surface area contributed by atoms with Gasteiger partial charge in [-0.15, -0.1) is 11.3 Å². The van der Waals surface area contributed by atoms with E-state index in [1.807, 2.05) is 55.6 Å². The molecule has 0 radical (unpaired) electrons. The van der Waals surface area contributed by atoms with E-state index >= 15 is 0 Å². The fourth-order valence-electron chi connectivity index (χ4n) is 2.44. The molecular weight excluding hydrogens is 360 g/mol. The van der Waals surface area contributed by atoms with Gasteiger partial charge in [-0.3, -0.25) is 4.79 Å². The molecule has 3 aromatic rings. The third-order valence-electron chi connectivity index (χ3n) is 3.71. The Labute approximate surface area is 163 Å². The predicted octanol–water partition coefficient (Wildman–Crippen LogP) is 4.44. The Morgan fingerprint density at radius 1 is 1.15 bits per heavy atom. The summed E-state index contributed by atoms with van der Waals surface area (Å²) in [6.07, 6.45) is 0.139. The molecule has 27 heavy (non-hydrogen) atoms. The van der Waals surface area contributed by atoms with Gasteiger partial charge in [0.25, 0.3) is 5.91 Å². The number of hydrogen-bond donors (Lipinski definition) is 1. The molecule has 0 aliphatic rings. The first-order valence-electron chi connectivity index (χ1n) is 8.74. The van der Waals surface area contributed by atoms with Gasteiger partial charge in [0.2, 0.25) is 0 Å². The normalized spacial score (nSPS) is 10.6. The fourth-order valence-corrected chi connectivity index (χ4v) is 2.98. The third kappa shape index (κ3) is 5.82. The van der Waals surface area contributed by atoms with Gasteiger partial charge in [-0.25, -0.2) is 4.98 Å². The van der Waals surface area contributed by atoms with Crippen molar-refractivity contribution in [1.82, 2.24) is 10.3 Å². The molecule has 0 unspecified atom stereocenters. The van der Waals surface area contributed by atoms with Gasteiger partial charge in [0.15, 0.2) is 0 Å². The quantitative estimate of drug-likeness (QED) is 0.626. The topological polar surface area (TPSA) is 60.5 Å². The maximum absolute atomic E-state index is 12.4. The van der Waals surface area contributed by atoms with E-state index in [2.05, 4.69) is 10.3 Å². The van der Waals surface area contributed by atoms with Crippen LogP contribution in [0.2, 0.25) is 0 Å². The molecule has 0 fully saturated rings. The molecule has 1 N–H and O–H groups in total. The first-order chi connectivity index (χ1) is 13.1. The van der Waals surface area contributed by atoms with Crippen LogP contribution in [0.25, 0.3) is 0 Å². The standard InChI is InChI=1S/C21H22N2O3S/c1-15(2)26-19-8-6-16(7-9-19)11-22-21(24)17-4-3-5-20(10-17)25-12-18-13-27-14-23-18/h3-10,13-15H,11-12H2,1-2H3,(H,22,24). The highest BCUT2D eigenvalue weighted by molar-refractivity contribution is 7.07. The van der Waals surface area contributed by atoms with Crippen LogP contribution in [0, 0.1) is 0 Å². The molecule has 0 aliphatic heterocycles. The van der Waals surface area contributed by atoms with E-state index in [-0.39, 0.29) is 12.0 Å². The molecule has 0 spiro atoms. The van der Waals surface area contributed by atoms with Crippen molar-refractivity contribution in [2.24, 2.45) is 0 Å². The highest BCUT2D eigenvalue weighted by atomic mass is 32.1. The van der Waals surface area contributed by atoms with Gasteiger partial charge < -0.3 is 14.8 Å². The number of benzene rings is 2. The summed E-state index contributed by atoms with van der Waals surface area (Å²) >= 11 is 1.53. The van der Waals surface area contributed by atoms with E-state index in [9.17, 15) is 4.79 Å². The Hall–Kier alpha value is -2.86. The van der Waals surface area contributed by atoms with Gasteiger partial charge in [-0.2, -0.15) is 0 Å². The lowest BCUT2D eigenvalue weighted by Crippen LogP contribution is -2.22. The third-order valence-corrected chi connectivity index (χ3v) is 4.35. The summed E-state index contributed by atoms with van der Waals surface area (Å²) in [6, 6.07) is 14.9. The number of amides is 1. The summed E-state index contributed by atoms with van der Waals surface area (Å²) in [4.78, 5) is 16.6. The number of carbonyl (C=O) groups is 1. The van der Waals surface area contributed by atoms with Crippen LogP contribution >= 0.6 is 11.3 Å². The molecule has 3 rings (SSSR count). The Balaban J connectivity index is 1.53. The molecule has 1 amide bonds. The lowest BCUT2D eigenvalue weighted by Gasteiger charge is -2.11. The monoisotopic (exact) mass is 382 g/mol. The number of ether oxygens (including phenoxy) is 2. The Kier molecular flexibility index (Phi) is 6.44. The number of hydrogen-bond acceptors (Lipinski definition) is 5. The van der Waals surface area contributed by atoms with Crippen LogP contribution in [0.3, 0.4) is 0 Å². The highest BCUT2D eigenvalue weighted by Crippen LogP contribution is 2.16. The first-order valence-corrected chi connectivity index (χ1v) is 9.68. The average Bonchev–Trinajstić information content (AvgIpc) is 3.19. The average molecular weight is 382 g/mol. The number of nitrogens with zero attached hydrogens (tertiary/aromatic N) is 1. The van der Waals surface area contributed by atoms with Crippen molar-refractivity contribution in [3.05, 3.63) is 76.2 Å². The van der Waals surface area contributed by atoms with Crippen molar-refractivity contribution >= 4 is 17.2 Å². The molecule has 5 nitrogen and oxygen atoms in total. The highest BCUT2D eigenvalue weighted by Gasteiger charge is 2.07. The summed E-state index contributed by atoms with van der Waals surface area (Å²) in [7, 11) is 0. The van der Waals surface area contributed by atoms with Crippen molar-refractivity contribution in [3.63, 3.8) is 0 Å². The lowest BCUT2D eigenvalue weighted by atomic mass is 10.2. The van der Waals surface area contributed by atoms with Crippen molar-refractivity contribution in [2.75, 3.05) is 0 Å². The summed E-state index contributed by atoms with van der Waals surface area (Å²) in [5.74, 6) is 1.33. The second-order valence-corrected chi connectivity index (χ2v) is 7.01. The molecule has 1 heterocycles. The van der Waals surface area contributed by atoms with E-state index in [0.717, 1.165) is 17.0 Å². The van der Waals surface area contributed by atoms with E-state index in [4.69, 9.17) is 9.47 Å². The largest absolute Gasteiger partial charge is 0.491 e. The number of rotatable bonds is 8. The zero-order chi connectivity index (χ0) is 19.1. The molecule has 2 aromatic carbocycles. The van der Waals surface area contributed by atoms with Crippen LogP contribution in [-0.4, -0.2) is 17.0 Å². The smallest absolute Gasteiger partial charge is 0.251 e. The molecule has 6 heteroatoms. The van der Waals surface area contributed by atoms with E-state index in [1.165, 1.54) is 11.3 Å². The lowest BCUT2D eigenvalue weighted by molar-refractivity contribution is 0.0950. The summed E-state index contributed by atoms with van der Waals surface area (Å²) < 4.78 is 11.3. The van der Waals surface area contributed by atoms with E-state index < -0.39 is 0 Å². The second kappa shape index (κ2) is 9.19. The minimum absolute atomic E-state index is 0.139. The van der Waals surface area contributed by atoms with Crippen molar-refractivity contribution in [3.8, 4) is 11.5 Å². The summed E-state index contributed by atoms with van der Waals surface area (Å²) in [5, 5.41) is 4.86. The summed E-state index contributed by atoms with van der Waals surface area (Å²) in [5.41, 5.74) is 4.21. The van der Waals surface area contributed by atoms with E-state index in [1.54, 1.807) is 17.6 Å². The van der Waals surface area contributed by atoms with Gasteiger partial charge in [0.05, 0.1) is 17.3 Å². The number of thiazole rings is 1.